The van der Waals surface area contributed by atoms with Crippen molar-refractivity contribution in [3.63, 3.8) is 0 Å². The van der Waals surface area contributed by atoms with Crippen molar-refractivity contribution >= 4 is 34.0 Å². The van der Waals surface area contributed by atoms with E-state index >= 15 is 0 Å². The van der Waals surface area contributed by atoms with E-state index in [1.54, 1.807) is 12.1 Å². The second kappa shape index (κ2) is 11.3. The highest BCUT2D eigenvalue weighted by Crippen LogP contribution is 2.33. The molecule has 0 bridgehead atoms. The molecule has 3 atom stereocenters. The SMILES string of the molecule is C[C@@H](NC[C@H]1CN(CNc2ccc(C(=O)O)cc2Cl)C[C@@H]1c1ccccc1)c1cccc2ccccc12. The molecule has 4 aromatic rings. The van der Waals surface area contributed by atoms with Gasteiger partial charge in [0.2, 0.25) is 0 Å². The zero-order valence-corrected chi connectivity index (χ0v) is 21.7. The minimum Gasteiger partial charge on any atom is -0.478 e. The summed E-state index contributed by atoms with van der Waals surface area (Å²) in [6.45, 7) is 5.69. The fraction of sp³-hybridized carbons (Fsp3) is 0.258. The minimum absolute atomic E-state index is 0.187. The van der Waals surface area contributed by atoms with Crippen molar-refractivity contribution in [3.05, 3.63) is 113 Å². The van der Waals surface area contributed by atoms with Crippen LogP contribution in [0.3, 0.4) is 0 Å². The summed E-state index contributed by atoms with van der Waals surface area (Å²) in [5, 5.41) is 19.4. The van der Waals surface area contributed by atoms with Gasteiger partial charge in [-0.3, -0.25) is 4.90 Å². The Hall–Kier alpha value is -3.38. The number of carboxylic acids is 1. The largest absolute Gasteiger partial charge is 0.478 e. The molecule has 1 aliphatic heterocycles. The number of nitrogens with one attached hydrogen (secondary N) is 2. The number of hydrogen-bond acceptors (Lipinski definition) is 4. The number of rotatable bonds is 9. The van der Waals surface area contributed by atoms with Gasteiger partial charge in [0.1, 0.15) is 0 Å². The van der Waals surface area contributed by atoms with Gasteiger partial charge in [0.25, 0.3) is 0 Å². The Morgan fingerprint density at radius 3 is 2.54 bits per heavy atom. The molecule has 0 amide bonds. The van der Waals surface area contributed by atoms with Crippen LogP contribution in [0.4, 0.5) is 5.69 Å². The summed E-state index contributed by atoms with van der Waals surface area (Å²) in [5.41, 5.74) is 3.62. The number of halogens is 1. The molecule has 1 aliphatic rings. The second-order valence-corrected chi connectivity index (χ2v) is 10.3. The highest BCUT2D eigenvalue weighted by molar-refractivity contribution is 6.33. The van der Waals surface area contributed by atoms with Crippen LogP contribution in [0.15, 0.2) is 91.0 Å². The predicted molar refractivity (Wildman–Crippen MR) is 152 cm³/mol. The Morgan fingerprint density at radius 2 is 1.76 bits per heavy atom. The van der Waals surface area contributed by atoms with Gasteiger partial charge < -0.3 is 15.7 Å². The lowest BCUT2D eigenvalue weighted by Crippen LogP contribution is -2.31. The Morgan fingerprint density at radius 1 is 1.00 bits per heavy atom. The van der Waals surface area contributed by atoms with Crippen molar-refractivity contribution < 1.29 is 9.90 Å². The van der Waals surface area contributed by atoms with Crippen LogP contribution in [0, 0.1) is 5.92 Å². The normalized spacial score (nSPS) is 18.6. The Balaban J connectivity index is 1.27. The number of likely N-dealkylation sites (tertiary alicyclic amines) is 1. The first-order valence-electron chi connectivity index (χ1n) is 12.7. The van der Waals surface area contributed by atoms with Crippen LogP contribution in [0.2, 0.25) is 5.02 Å². The third kappa shape index (κ3) is 5.80. The maximum absolute atomic E-state index is 11.2. The summed E-state index contributed by atoms with van der Waals surface area (Å²) in [7, 11) is 0. The molecular formula is C31H32ClN3O2. The van der Waals surface area contributed by atoms with Gasteiger partial charge in [0.05, 0.1) is 22.9 Å². The molecule has 6 heteroatoms. The number of carbonyl (C=O) groups is 1. The van der Waals surface area contributed by atoms with Gasteiger partial charge in [0, 0.05) is 31.6 Å². The lowest BCUT2D eigenvalue weighted by atomic mass is 9.88. The molecule has 0 saturated carbocycles. The third-order valence-corrected chi connectivity index (χ3v) is 7.74. The number of anilines is 1. The van der Waals surface area contributed by atoms with Gasteiger partial charge in [-0.05, 0) is 52.9 Å². The average molecular weight is 514 g/mol. The second-order valence-electron chi connectivity index (χ2n) is 9.85. The van der Waals surface area contributed by atoms with Gasteiger partial charge in [-0.15, -0.1) is 0 Å². The molecule has 0 radical (unpaired) electrons. The lowest BCUT2D eigenvalue weighted by molar-refractivity contribution is 0.0697. The van der Waals surface area contributed by atoms with Crippen molar-refractivity contribution in [2.24, 2.45) is 5.92 Å². The molecule has 4 aromatic carbocycles. The van der Waals surface area contributed by atoms with Gasteiger partial charge in [-0.25, -0.2) is 4.79 Å². The molecule has 0 unspecified atom stereocenters. The zero-order valence-electron chi connectivity index (χ0n) is 20.9. The number of carboxylic acid groups (broad SMARTS) is 1. The van der Waals surface area contributed by atoms with Gasteiger partial charge in [0.15, 0.2) is 0 Å². The smallest absolute Gasteiger partial charge is 0.335 e. The molecule has 3 N–H and O–H groups in total. The van der Waals surface area contributed by atoms with E-state index in [-0.39, 0.29) is 11.6 Å². The zero-order chi connectivity index (χ0) is 25.8. The summed E-state index contributed by atoms with van der Waals surface area (Å²) in [6, 6.07) is 30.9. The maximum Gasteiger partial charge on any atom is 0.335 e. The molecule has 1 heterocycles. The van der Waals surface area contributed by atoms with Crippen LogP contribution in [0.25, 0.3) is 10.8 Å². The summed E-state index contributed by atoms with van der Waals surface area (Å²) in [4.78, 5) is 13.6. The topological polar surface area (TPSA) is 64.6 Å². The van der Waals surface area contributed by atoms with Crippen molar-refractivity contribution in [3.8, 4) is 0 Å². The predicted octanol–water partition coefficient (Wildman–Crippen LogP) is 6.63. The number of aromatic carboxylic acids is 1. The van der Waals surface area contributed by atoms with E-state index in [0.29, 0.717) is 23.5 Å². The Bertz CT molecular complexity index is 1370. The molecule has 5 rings (SSSR count). The van der Waals surface area contributed by atoms with E-state index in [1.165, 1.54) is 28.0 Å². The molecule has 0 spiro atoms. The molecule has 1 saturated heterocycles. The summed E-state index contributed by atoms with van der Waals surface area (Å²) >= 11 is 6.34. The number of benzene rings is 4. The Labute approximate surface area is 223 Å². The number of nitrogens with zero attached hydrogens (tertiary/aromatic N) is 1. The summed E-state index contributed by atoms with van der Waals surface area (Å²) in [5.74, 6) is -0.113. The van der Waals surface area contributed by atoms with Gasteiger partial charge >= 0.3 is 5.97 Å². The molecule has 5 nitrogen and oxygen atoms in total. The van der Waals surface area contributed by atoms with Crippen molar-refractivity contribution in [1.82, 2.24) is 10.2 Å². The fourth-order valence-electron chi connectivity index (χ4n) is 5.43. The molecule has 0 aromatic heterocycles. The number of fused-ring (bicyclic) bond motifs is 1. The molecule has 37 heavy (non-hydrogen) atoms. The van der Waals surface area contributed by atoms with E-state index in [0.717, 1.165) is 25.3 Å². The van der Waals surface area contributed by atoms with Crippen LogP contribution in [-0.4, -0.2) is 42.3 Å². The van der Waals surface area contributed by atoms with Crippen LogP contribution in [-0.2, 0) is 0 Å². The first-order valence-corrected chi connectivity index (χ1v) is 13.1. The number of hydrogen-bond donors (Lipinski definition) is 3. The lowest BCUT2D eigenvalue weighted by Gasteiger charge is -2.23. The quantitative estimate of drug-likeness (QED) is 0.234. The van der Waals surface area contributed by atoms with E-state index in [9.17, 15) is 9.90 Å². The molecule has 1 fully saturated rings. The van der Waals surface area contributed by atoms with Crippen molar-refractivity contribution in [2.45, 2.75) is 18.9 Å². The first-order chi connectivity index (χ1) is 18.0. The average Bonchev–Trinajstić information content (AvgIpc) is 3.34. The van der Waals surface area contributed by atoms with Gasteiger partial charge in [-0.2, -0.15) is 0 Å². The monoisotopic (exact) mass is 513 g/mol. The molecular weight excluding hydrogens is 482 g/mol. The third-order valence-electron chi connectivity index (χ3n) is 7.43. The van der Waals surface area contributed by atoms with Gasteiger partial charge in [-0.1, -0.05) is 84.4 Å². The fourth-order valence-corrected chi connectivity index (χ4v) is 5.68. The van der Waals surface area contributed by atoms with Crippen LogP contribution in [0.5, 0.6) is 0 Å². The van der Waals surface area contributed by atoms with E-state index in [2.05, 4.69) is 95.3 Å². The highest BCUT2D eigenvalue weighted by atomic mass is 35.5. The van der Waals surface area contributed by atoms with E-state index in [4.69, 9.17) is 11.6 Å². The standard InChI is InChI=1S/C31H32ClN3O2/c1-21(26-13-7-11-22-10-5-6-12-27(22)26)33-17-25-18-35(19-28(25)23-8-3-2-4-9-23)20-34-30-15-14-24(31(36)37)16-29(30)32/h2-16,21,25,28,33-34H,17-20H2,1H3,(H,36,37)/t21-,25+,28-/m1/s1. The van der Waals surface area contributed by atoms with Crippen molar-refractivity contribution in [2.75, 3.05) is 31.6 Å². The van der Waals surface area contributed by atoms with E-state index < -0.39 is 5.97 Å². The van der Waals surface area contributed by atoms with E-state index in [1.807, 2.05) is 0 Å². The van der Waals surface area contributed by atoms with Crippen LogP contribution in [0.1, 0.15) is 40.4 Å². The van der Waals surface area contributed by atoms with Crippen LogP contribution >= 0.6 is 11.6 Å². The summed E-state index contributed by atoms with van der Waals surface area (Å²) < 4.78 is 0. The summed E-state index contributed by atoms with van der Waals surface area (Å²) in [6.07, 6.45) is 0. The highest BCUT2D eigenvalue weighted by Gasteiger charge is 2.33. The minimum atomic E-state index is -0.980. The van der Waals surface area contributed by atoms with Crippen LogP contribution < -0.4 is 10.6 Å². The molecule has 0 aliphatic carbocycles. The van der Waals surface area contributed by atoms with Crippen molar-refractivity contribution in [1.29, 1.82) is 0 Å². The molecule has 190 valence electrons. The Kier molecular flexibility index (Phi) is 7.75. The maximum atomic E-state index is 11.2. The first kappa shape index (κ1) is 25.3.